The highest BCUT2D eigenvalue weighted by Crippen LogP contribution is 2.60. The lowest BCUT2D eigenvalue weighted by Crippen LogP contribution is -2.58. The Bertz CT molecular complexity index is 1780. The van der Waals surface area contributed by atoms with E-state index in [4.69, 9.17) is 18.9 Å². The summed E-state index contributed by atoms with van der Waals surface area (Å²) in [6, 6.07) is 0. The van der Waals surface area contributed by atoms with E-state index in [1.54, 1.807) is 13.8 Å². The first-order valence-corrected chi connectivity index (χ1v) is 23.5. The fourth-order valence-electron chi connectivity index (χ4n) is 13.8. The average Bonchev–Trinajstić information content (AvgIpc) is 3.59. The lowest BCUT2D eigenvalue weighted by Gasteiger charge is -2.59. The minimum Gasteiger partial charge on any atom is -0.463 e. The number of aliphatic hydroxyl groups is 1. The molecule has 13 aliphatic rings. The van der Waals surface area contributed by atoms with Crippen LogP contribution in [0.4, 0.5) is 0 Å². The Morgan fingerprint density at radius 1 is 0.661 bits per heavy atom. The zero-order chi connectivity index (χ0) is 44.8. The monoisotopic (exact) mass is 861 g/mol. The lowest BCUT2D eigenvalue weighted by atomic mass is 9.50. The second kappa shape index (κ2) is 18.5. The van der Waals surface area contributed by atoms with Gasteiger partial charge in [0.05, 0.1) is 24.9 Å². The summed E-state index contributed by atoms with van der Waals surface area (Å²) in [6.45, 7) is 24.6. The zero-order valence-electron chi connectivity index (χ0n) is 38.0. The van der Waals surface area contributed by atoms with E-state index >= 15 is 0 Å². The van der Waals surface area contributed by atoms with Crippen LogP contribution in [0.25, 0.3) is 0 Å². The van der Waals surface area contributed by atoms with Crippen molar-refractivity contribution in [3.8, 4) is 0 Å². The van der Waals surface area contributed by atoms with E-state index in [1.165, 1.54) is 51.9 Å². The molecular weight excluding hydrogens is 789 g/mol. The summed E-state index contributed by atoms with van der Waals surface area (Å²) >= 11 is 0. The van der Waals surface area contributed by atoms with Crippen LogP contribution in [-0.4, -0.2) is 77.5 Å². The Labute approximate surface area is 368 Å². The van der Waals surface area contributed by atoms with Crippen molar-refractivity contribution in [3.05, 3.63) is 48.6 Å². The summed E-state index contributed by atoms with van der Waals surface area (Å²) in [5, 5.41) is 10.4. The molecule has 12 aliphatic carbocycles. The average molecular weight is 861 g/mol. The molecule has 0 aromatic heterocycles. The highest BCUT2D eigenvalue weighted by atomic mass is 16.6. The first-order chi connectivity index (χ1) is 29.2. The van der Waals surface area contributed by atoms with Crippen molar-refractivity contribution >= 4 is 29.7 Å². The summed E-state index contributed by atoms with van der Waals surface area (Å²) in [5.41, 5.74) is 1.68. The Kier molecular flexibility index (Phi) is 13.9. The first-order valence-electron chi connectivity index (χ1n) is 23.5. The lowest BCUT2D eigenvalue weighted by molar-refractivity contribution is -0.199. The van der Waals surface area contributed by atoms with Gasteiger partial charge in [-0.25, -0.2) is 19.2 Å². The van der Waals surface area contributed by atoms with Crippen LogP contribution in [0, 0.1) is 65.1 Å². The molecular formula is C51H72O11. The van der Waals surface area contributed by atoms with Crippen molar-refractivity contribution in [1.29, 1.82) is 0 Å². The molecule has 0 aromatic rings. The molecule has 8 atom stereocenters. The quantitative estimate of drug-likeness (QED) is 0.103. The summed E-state index contributed by atoms with van der Waals surface area (Å²) < 4.78 is 26.7. The van der Waals surface area contributed by atoms with Gasteiger partial charge >= 0.3 is 23.9 Å². The molecule has 0 aromatic carbocycles. The molecule has 12 bridgehead atoms. The zero-order valence-corrected chi connectivity index (χ0v) is 38.0. The van der Waals surface area contributed by atoms with E-state index in [0.29, 0.717) is 78.0 Å². The van der Waals surface area contributed by atoms with Crippen LogP contribution in [0.3, 0.4) is 0 Å². The summed E-state index contributed by atoms with van der Waals surface area (Å²) in [6.07, 6.45) is 15.9. The van der Waals surface area contributed by atoms with E-state index in [2.05, 4.69) is 38.0 Å². The van der Waals surface area contributed by atoms with E-state index in [1.807, 2.05) is 6.92 Å². The summed E-state index contributed by atoms with van der Waals surface area (Å²) in [4.78, 5) is 57.3. The second-order valence-electron chi connectivity index (χ2n) is 21.6. The highest BCUT2D eigenvalue weighted by Gasteiger charge is 2.58. The van der Waals surface area contributed by atoms with Gasteiger partial charge in [-0.3, -0.25) is 4.79 Å². The van der Waals surface area contributed by atoms with Gasteiger partial charge in [-0.15, -0.1) is 0 Å². The Morgan fingerprint density at radius 3 is 1.73 bits per heavy atom. The number of esters is 4. The third-order valence-corrected chi connectivity index (χ3v) is 16.2. The van der Waals surface area contributed by atoms with Crippen molar-refractivity contribution in [2.45, 2.75) is 160 Å². The third-order valence-electron chi connectivity index (χ3n) is 16.2. The second-order valence-corrected chi connectivity index (χ2v) is 21.6. The van der Waals surface area contributed by atoms with Crippen molar-refractivity contribution < 1.29 is 52.8 Å². The summed E-state index contributed by atoms with van der Waals surface area (Å²) in [7, 11) is 0. The van der Waals surface area contributed by atoms with Crippen LogP contribution in [-0.2, 0) is 47.7 Å². The number of rotatable bonds is 9. The smallest absolute Gasteiger partial charge is 0.347 e. The molecule has 62 heavy (non-hydrogen) atoms. The van der Waals surface area contributed by atoms with Crippen molar-refractivity contribution in [2.24, 2.45) is 65.1 Å². The van der Waals surface area contributed by atoms with Gasteiger partial charge in [-0.1, -0.05) is 31.9 Å². The van der Waals surface area contributed by atoms with E-state index in [9.17, 15) is 29.1 Å². The fraction of sp³-hybridized carbons (Fsp3) is 0.745. The number of carbonyl (C=O) groups is 5. The molecule has 1 N–H and O–H groups in total. The van der Waals surface area contributed by atoms with Crippen LogP contribution in [0.5, 0.6) is 0 Å². The van der Waals surface area contributed by atoms with Crippen LogP contribution in [0.2, 0.25) is 0 Å². The molecule has 11 nitrogen and oxygen atoms in total. The largest absolute Gasteiger partial charge is 0.463 e. The number of ketones is 1. The van der Waals surface area contributed by atoms with Crippen molar-refractivity contribution in [2.75, 3.05) is 13.2 Å². The predicted molar refractivity (Wildman–Crippen MR) is 232 cm³/mol. The Morgan fingerprint density at radius 2 is 1.21 bits per heavy atom. The van der Waals surface area contributed by atoms with Crippen LogP contribution >= 0.6 is 0 Å². The molecule has 12 saturated carbocycles. The maximum absolute atomic E-state index is 12.1. The fourth-order valence-corrected chi connectivity index (χ4v) is 13.8. The maximum atomic E-state index is 12.1. The number of hydrogen-bond acceptors (Lipinski definition) is 11. The van der Waals surface area contributed by atoms with Gasteiger partial charge < -0.3 is 28.8 Å². The molecule has 1 heterocycles. The number of Topliss-reactive ketones (excluding diaryl/α,β-unsaturated/α-hetero) is 1. The molecule has 11 heteroatoms. The Balaban J connectivity index is 0.000000125. The molecule has 342 valence electrons. The minimum atomic E-state index is -0.728. The normalized spacial score (nSPS) is 41.6. The molecule has 1 aliphatic heterocycles. The Hall–Kier alpha value is -3.57. The SMILES string of the molecule is C=C(C)C(=O)OC1(C)C2CC3CC(C2)CC1C3.C=C(C)C(=O)OC1C2CC3CC1CC(O)(C3)C2.C=C(C)C(=O)OC1CCOC1=O.C=C(C)COC1C2CC3CC(C2)C(=O)C1C3. The number of hydrogen-bond donors (Lipinski definition) is 1. The molecule has 13 rings (SSSR count). The van der Waals surface area contributed by atoms with E-state index in [-0.39, 0.29) is 41.2 Å². The van der Waals surface area contributed by atoms with Crippen LogP contribution in [0.1, 0.15) is 131 Å². The standard InChI is InChI=1S/C15H22O2.C14H20O3.C14H20O2.C8H10O4/c1-9(2)14(16)17-15(3)12-5-10-4-11(7-12)8-13(15)6-10;1-8(2)13(15)17-12-10-3-9-4-11(12)7-14(16,5-9)6-10;1-8(2)7-16-14-11-4-9-3-10(6-11)13(15)12(14)5-9;1-5(2)7(9)12-6-3-4-11-8(6)10/h10-13H,1,4-8H2,2-3H3;9-12,16H,1,3-7H2,2H3;9-12,14H,1,3-7H2,2H3;6H,1,3-4H2,2H3. The molecule has 1 saturated heterocycles. The third kappa shape index (κ3) is 10.0. The minimum absolute atomic E-state index is 0.0241. The maximum Gasteiger partial charge on any atom is 0.347 e. The number of carbonyl (C=O) groups excluding carboxylic acids is 5. The van der Waals surface area contributed by atoms with Gasteiger partial charge in [-0.05, 0) is 178 Å². The van der Waals surface area contributed by atoms with Gasteiger partial charge in [0, 0.05) is 35.0 Å². The predicted octanol–water partition coefficient (Wildman–Crippen LogP) is 8.37. The summed E-state index contributed by atoms with van der Waals surface area (Å²) in [5.74, 6) is 5.50. The van der Waals surface area contributed by atoms with Gasteiger partial charge in [0.1, 0.15) is 17.5 Å². The number of cyclic esters (lactones) is 1. The molecule has 0 spiro atoms. The van der Waals surface area contributed by atoms with Gasteiger partial charge in [0.2, 0.25) is 6.10 Å². The molecule has 13 fully saturated rings. The first kappa shape index (κ1) is 46.4. The van der Waals surface area contributed by atoms with E-state index < -0.39 is 23.6 Å². The van der Waals surface area contributed by atoms with Gasteiger partial charge in [0.25, 0.3) is 0 Å². The highest BCUT2D eigenvalue weighted by molar-refractivity contribution is 5.90. The number of ether oxygens (including phenoxy) is 5. The van der Waals surface area contributed by atoms with Crippen molar-refractivity contribution in [3.63, 3.8) is 0 Å². The topological polar surface area (TPSA) is 152 Å². The van der Waals surface area contributed by atoms with Crippen LogP contribution in [0.15, 0.2) is 48.6 Å². The van der Waals surface area contributed by atoms with Crippen molar-refractivity contribution in [1.82, 2.24) is 0 Å². The van der Waals surface area contributed by atoms with Crippen LogP contribution < -0.4 is 0 Å². The van der Waals surface area contributed by atoms with E-state index in [0.717, 1.165) is 68.3 Å². The molecule has 8 unspecified atom stereocenters. The molecule has 0 radical (unpaired) electrons. The molecule has 0 amide bonds. The van der Waals surface area contributed by atoms with Gasteiger partial charge in [0.15, 0.2) is 0 Å². The van der Waals surface area contributed by atoms with Gasteiger partial charge in [-0.2, -0.15) is 0 Å².